The predicted molar refractivity (Wildman–Crippen MR) is 124 cm³/mol. The number of para-hydroxylation sites is 2. The fourth-order valence-corrected chi connectivity index (χ4v) is 4.52. The van der Waals surface area contributed by atoms with E-state index in [9.17, 15) is 14.0 Å². The standard InChI is InChI=1S/C25H29FN4O3/c26-20-10-5-7-12-23(20)30-21-11-6-4-9-18(21)19-17-29(16-14-22(19)30)25(32)27-15-8-2-1-3-13-24(31)28-33/h4-7,9-12,33H,1-3,8,13-17H2,(H,27,32)(H,28,31). The van der Waals surface area contributed by atoms with Crippen molar-refractivity contribution in [2.24, 2.45) is 0 Å². The van der Waals surface area contributed by atoms with Crippen molar-refractivity contribution in [3.05, 3.63) is 65.6 Å². The highest BCUT2D eigenvalue weighted by Crippen LogP contribution is 2.34. The summed E-state index contributed by atoms with van der Waals surface area (Å²) in [7, 11) is 0. The second kappa shape index (κ2) is 10.5. The monoisotopic (exact) mass is 452 g/mol. The molecule has 0 bridgehead atoms. The average molecular weight is 453 g/mol. The number of urea groups is 1. The Labute approximate surface area is 192 Å². The minimum atomic E-state index is -0.371. The maximum atomic E-state index is 14.6. The van der Waals surface area contributed by atoms with Gasteiger partial charge in [0.1, 0.15) is 5.82 Å². The van der Waals surface area contributed by atoms with Gasteiger partial charge in [-0.3, -0.25) is 10.0 Å². The Hall–Kier alpha value is -3.39. The van der Waals surface area contributed by atoms with Gasteiger partial charge in [0, 0.05) is 49.1 Å². The molecule has 2 aromatic carbocycles. The third-order valence-corrected chi connectivity index (χ3v) is 6.17. The Morgan fingerprint density at radius 1 is 1.00 bits per heavy atom. The van der Waals surface area contributed by atoms with E-state index >= 15 is 0 Å². The molecule has 0 spiro atoms. The summed E-state index contributed by atoms with van der Waals surface area (Å²) < 4.78 is 16.6. The van der Waals surface area contributed by atoms with E-state index in [0.29, 0.717) is 44.6 Å². The number of nitrogens with one attached hydrogen (secondary N) is 2. The number of hydroxylamine groups is 1. The molecule has 0 fully saturated rings. The third-order valence-electron chi connectivity index (χ3n) is 6.17. The highest BCUT2D eigenvalue weighted by atomic mass is 19.1. The molecule has 0 atom stereocenters. The lowest BCUT2D eigenvalue weighted by Crippen LogP contribution is -2.43. The Morgan fingerprint density at radius 2 is 1.76 bits per heavy atom. The number of hydrogen-bond donors (Lipinski definition) is 3. The van der Waals surface area contributed by atoms with E-state index in [-0.39, 0.29) is 17.8 Å². The summed E-state index contributed by atoms with van der Waals surface area (Å²) in [5.74, 6) is -0.637. The van der Waals surface area contributed by atoms with Gasteiger partial charge in [-0.05, 0) is 31.0 Å². The molecule has 0 radical (unpaired) electrons. The zero-order valence-electron chi connectivity index (χ0n) is 18.5. The SMILES string of the molecule is O=C(CCCCCCNC(=O)N1CCc2c(c3ccccc3n2-c2ccccc2F)C1)NO. The van der Waals surface area contributed by atoms with Crippen molar-refractivity contribution in [1.82, 2.24) is 20.3 Å². The first-order valence-electron chi connectivity index (χ1n) is 11.4. The summed E-state index contributed by atoms with van der Waals surface area (Å²) in [6.45, 7) is 1.63. The largest absolute Gasteiger partial charge is 0.338 e. The number of aromatic nitrogens is 1. The van der Waals surface area contributed by atoms with E-state index in [4.69, 9.17) is 5.21 Å². The zero-order valence-corrected chi connectivity index (χ0v) is 18.5. The van der Waals surface area contributed by atoms with Gasteiger partial charge in [-0.2, -0.15) is 0 Å². The van der Waals surface area contributed by atoms with E-state index in [2.05, 4.69) is 5.32 Å². The fourth-order valence-electron chi connectivity index (χ4n) is 4.52. The van der Waals surface area contributed by atoms with Crippen LogP contribution in [0.5, 0.6) is 0 Å². The highest BCUT2D eigenvalue weighted by molar-refractivity contribution is 5.88. The highest BCUT2D eigenvalue weighted by Gasteiger charge is 2.27. The molecule has 3 N–H and O–H groups in total. The van der Waals surface area contributed by atoms with Crippen LogP contribution in [0, 0.1) is 5.82 Å². The van der Waals surface area contributed by atoms with Crippen LogP contribution < -0.4 is 10.8 Å². The van der Waals surface area contributed by atoms with Crippen LogP contribution in [0.1, 0.15) is 43.4 Å². The van der Waals surface area contributed by atoms with Crippen LogP contribution in [0.25, 0.3) is 16.6 Å². The number of rotatable bonds is 8. The summed E-state index contributed by atoms with van der Waals surface area (Å²) in [4.78, 5) is 25.6. The van der Waals surface area contributed by atoms with E-state index in [1.54, 1.807) is 17.6 Å². The van der Waals surface area contributed by atoms with Crippen LogP contribution in [-0.2, 0) is 17.8 Å². The first-order chi connectivity index (χ1) is 16.1. The van der Waals surface area contributed by atoms with Crippen molar-refractivity contribution < 1.29 is 19.2 Å². The molecule has 33 heavy (non-hydrogen) atoms. The summed E-state index contributed by atoms with van der Waals surface area (Å²) in [5.41, 5.74) is 5.23. The van der Waals surface area contributed by atoms with Crippen molar-refractivity contribution in [2.45, 2.75) is 45.1 Å². The van der Waals surface area contributed by atoms with Crippen LogP contribution in [0.2, 0.25) is 0 Å². The second-order valence-corrected chi connectivity index (χ2v) is 8.33. The smallest absolute Gasteiger partial charge is 0.317 e. The molecule has 8 heteroatoms. The van der Waals surface area contributed by atoms with Gasteiger partial charge in [-0.15, -0.1) is 0 Å². The molecule has 1 aliphatic rings. The van der Waals surface area contributed by atoms with E-state index in [1.165, 1.54) is 6.07 Å². The molecule has 0 unspecified atom stereocenters. The molecule has 0 saturated carbocycles. The van der Waals surface area contributed by atoms with Crippen molar-refractivity contribution in [3.63, 3.8) is 0 Å². The second-order valence-electron chi connectivity index (χ2n) is 8.33. The molecular formula is C25H29FN4O3. The maximum Gasteiger partial charge on any atom is 0.317 e. The molecule has 2 heterocycles. The maximum absolute atomic E-state index is 14.6. The minimum absolute atomic E-state index is 0.0944. The zero-order chi connectivity index (χ0) is 23.2. The van der Waals surface area contributed by atoms with Gasteiger partial charge in [0.2, 0.25) is 5.91 Å². The lowest BCUT2D eigenvalue weighted by atomic mass is 10.0. The van der Waals surface area contributed by atoms with Gasteiger partial charge in [-0.25, -0.2) is 14.7 Å². The Kier molecular flexibility index (Phi) is 7.24. The Bertz CT molecular complexity index is 1140. The van der Waals surface area contributed by atoms with Gasteiger partial charge in [0.25, 0.3) is 0 Å². The normalized spacial score (nSPS) is 13.1. The number of fused-ring (bicyclic) bond motifs is 3. The Morgan fingerprint density at radius 3 is 2.58 bits per heavy atom. The molecule has 3 amide bonds. The molecule has 174 valence electrons. The summed E-state index contributed by atoms with van der Waals surface area (Å²) >= 11 is 0. The van der Waals surface area contributed by atoms with Gasteiger partial charge in [-0.1, -0.05) is 43.2 Å². The van der Waals surface area contributed by atoms with Crippen LogP contribution in [0.4, 0.5) is 9.18 Å². The van der Waals surface area contributed by atoms with E-state index < -0.39 is 0 Å². The number of carbonyl (C=O) groups is 2. The molecule has 1 aliphatic heterocycles. The van der Waals surface area contributed by atoms with Gasteiger partial charge < -0.3 is 14.8 Å². The lowest BCUT2D eigenvalue weighted by Gasteiger charge is -2.28. The molecule has 1 aromatic heterocycles. The van der Waals surface area contributed by atoms with Crippen molar-refractivity contribution in [1.29, 1.82) is 0 Å². The summed E-state index contributed by atoms with van der Waals surface area (Å²) in [5, 5.41) is 12.5. The quantitative estimate of drug-likeness (QED) is 0.271. The third kappa shape index (κ3) is 5.01. The van der Waals surface area contributed by atoms with Crippen LogP contribution in [0.3, 0.4) is 0 Å². The minimum Gasteiger partial charge on any atom is -0.338 e. The van der Waals surface area contributed by atoms with Gasteiger partial charge in [0.05, 0.1) is 11.2 Å². The number of nitrogens with zero attached hydrogens (tertiary/aromatic N) is 2. The van der Waals surface area contributed by atoms with Crippen molar-refractivity contribution in [2.75, 3.05) is 13.1 Å². The molecule has 3 aromatic rings. The number of halogens is 1. The number of unbranched alkanes of at least 4 members (excludes halogenated alkanes) is 3. The van der Waals surface area contributed by atoms with Crippen molar-refractivity contribution >= 4 is 22.8 Å². The number of hydrogen-bond acceptors (Lipinski definition) is 3. The van der Waals surface area contributed by atoms with Crippen LogP contribution in [0.15, 0.2) is 48.5 Å². The Balaban J connectivity index is 1.40. The molecule has 0 aliphatic carbocycles. The number of amides is 3. The molecule has 7 nitrogen and oxygen atoms in total. The molecular weight excluding hydrogens is 423 g/mol. The predicted octanol–water partition coefficient (Wildman–Crippen LogP) is 4.29. The average Bonchev–Trinajstić information content (AvgIpc) is 3.17. The van der Waals surface area contributed by atoms with Crippen LogP contribution >= 0.6 is 0 Å². The molecule has 4 rings (SSSR count). The van der Waals surface area contributed by atoms with E-state index in [1.807, 2.05) is 39.8 Å². The summed E-state index contributed by atoms with van der Waals surface area (Å²) in [6, 6.07) is 14.6. The van der Waals surface area contributed by atoms with Gasteiger partial charge in [0.15, 0.2) is 0 Å². The fraction of sp³-hybridized carbons (Fsp3) is 0.360. The number of benzene rings is 2. The molecule has 0 saturated heterocycles. The van der Waals surface area contributed by atoms with E-state index in [0.717, 1.165) is 41.4 Å². The lowest BCUT2D eigenvalue weighted by molar-refractivity contribution is -0.129. The topological polar surface area (TPSA) is 86.6 Å². The van der Waals surface area contributed by atoms with Crippen LogP contribution in [-0.4, -0.2) is 39.7 Å². The van der Waals surface area contributed by atoms with Crippen molar-refractivity contribution in [3.8, 4) is 5.69 Å². The number of carbonyl (C=O) groups excluding carboxylic acids is 2. The first kappa shape index (κ1) is 22.8. The van der Waals surface area contributed by atoms with Gasteiger partial charge >= 0.3 is 6.03 Å². The first-order valence-corrected chi connectivity index (χ1v) is 11.4. The summed E-state index contributed by atoms with van der Waals surface area (Å²) in [6.07, 6.45) is 4.27.